The molecule has 1 aromatic carbocycles. The third-order valence-corrected chi connectivity index (χ3v) is 6.09. The van der Waals surface area contributed by atoms with E-state index in [-0.39, 0.29) is 23.1 Å². The van der Waals surface area contributed by atoms with Gasteiger partial charge in [-0.15, -0.1) is 0 Å². The van der Waals surface area contributed by atoms with E-state index < -0.39 is 0 Å². The maximum Gasteiger partial charge on any atom is 0.290 e. The first-order valence-electron chi connectivity index (χ1n) is 8.96. The summed E-state index contributed by atoms with van der Waals surface area (Å²) < 4.78 is 5.07. The van der Waals surface area contributed by atoms with Crippen LogP contribution >= 0.6 is 0 Å². The minimum absolute atomic E-state index is 0.0748. The SMILES string of the molecule is O=C(N[C@@H]1C2CN3CCN(C2)CC1(c1ccccc1)C3)c1ccno1. The van der Waals surface area contributed by atoms with Crippen molar-refractivity contribution in [3.63, 3.8) is 0 Å². The summed E-state index contributed by atoms with van der Waals surface area (Å²) in [6.45, 7) is 6.32. The quantitative estimate of drug-likeness (QED) is 0.904. The second kappa shape index (κ2) is 5.68. The van der Waals surface area contributed by atoms with Crippen LogP contribution in [-0.4, -0.2) is 66.2 Å². The Balaban J connectivity index is 1.55. The zero-order chi connectivity index (χ0) is 16.9. The number of hydrogen-bond donors (Lipinski definition) is 1. The highest BCUT2D eigenvalue weighted by Crippen LogP contribution is 2.43. The van der Waals surface area contributed by atoms with Crippen LogP contribution < -0.4 is 5.32 Å². The number of amides is 1. The molecule has 4 fully saturated rings. The van der Waals surface area contributed by atoms with E-state index in [9.17, 15) is 4.79 Å². The summed E-state index contributed by atoms with van der Waals surface area (Å²) in [5, 5.41) is 6.97. The zero-order valence-electron chi connectivity index (χ0n) is 14.1. The van der Waals surface area contributed by atoms with Crippen molar-refractivity contribution < 1.29 is 9.32 Å². The lowest BCUT2D eigenvalue weighted by atomic mass is 9.64. The van der Waals surface area contributed by atoms with Gasteiger partial charge in [-0.1, -0.05) is 35.5 Å². The van der Waals surface area contributed by atoms with Crippen molar-refractivity contribution in [3.8, 4) is 0 Å². The van der Waals surface area contributed by atoms with Crippen LogP contribution in [0.15, 0.2) is 47.1 Å². The summed E-state index contributed by atoms with van der Waals surface area (Å²) in [5.41, 5.74) is 1.24. The van der Waals surface area contributed by atoms with E-state index in [1.165, 1.54) is 11.8 Å². The van der Waals surface area contributed by atoms with Crippen LogP contribution in [0.4, 0.5) is 0 Å². The van der Waals surface area contributed by atoms with E-state index in [0.717, 1.165) is 39.3 Å². The third kappa shape index (κ3) is 2.40. The largest absolute Gasteiger partial charge is 0.351 e. The molecule has 1 N–H and O–H groups in total. The summed E-state index contributed by atoms with van der Waals surface area (Å²) in [7, 11) is 0. The van der Waals surface area contributed by atoms with Gasteiger partial charge in [-0.05, 0) is 5.56 Å². The van der Waals surface area contributed by atoms with Gasteiger partial charge in [0.15, 0.2) is 0 Å². The van der Waals surface area contributed by atoms with E-state index in [4.69, 9.17) is 4.52 Å². The molecule has 6 nitrogen and oxygen atoms in total. The number of nitrogens with one attached hydrogen (secondary N) is 1. The number of fused-ring (bicyclic) bond motifs is 1. The Morgan fingerprint density at radius 2 is 1.84 bits per heavy atom. The predicted molar refractivity (Wildman–Crippen MR) is 92.2 cm³/mol. The fraction of sp³-hybridized carbons (Fsp3) is 0.474. The zero-order valence-corrected chi connectivity index (χ0v) is 14.1. The van der Waals surface area contributed by atoms with Crippen LogP contribution in [0.25, 0.3) is 0 Å². The standard InChI is InChI=1S/C19H22N4O2/c24-18(16-6-7-20-25-16)21-17-14-10-22-8-9-23(11-14)13-19(17,12-22)15-4-2-1-3-5-15/h1-7,14,17H,8-13H2,(H,21,24)/t14?,17-,19?/m1/s1. The van der Waals surface area contributed by atoms with Crippen LogP contribution in [0.3, 0.4) is 0 Å². The van der Waals surface area contributed by atoms with Gasteiger partial charge in [0.05, 0.1) is 6.20 Å². The van der Waals surface area contributed by atoms with Gasteiger partial charge in [-0.25, -0.2) is 0 Å². The molecule has 4 aliphatic heterocycles. The van der Waals surface area contributed by atoms with Crippen LogP contribution in [0.5, 0.6) is 0 Å². The van der Waals surface area contributed by atoms with Gasteiger partial charge in [-0.3, -0.25) is 4.79 Å². The number of nitrogens with zero attached hydrogens (tertiary/aromatic N) is 3. The number of carbonyl (C=O) groups is 1. The molecule has 0 saturated carbocycles. The van der Waals surface area contributed by atoms with Gasteiger partial charge < -0.3 is 19.6 Å². The minimum Gasteiger partial charge on any atom is -0.351 e. The molecule has 2 unspecified atom stereocenters. The fourth-order valence-electron chi connectivity index (χ4n) is 5.11. The van der Waals surface area contributed by atoms with Gasteiger partial charge in [0, 0.05) is 62.7 Å². The van der Waals surface area contributed by atoms with Crippen molar-refractivity contribution in [2.24, 2.45) is 5.92 Å². The summed E-state index contributed by atoms with van der Waals surface area (Å²) in [6, 6.07) is 12.4. The third-order valence-electron chi connectivity index (χ3n) is 6.09. The lowest BCUT2D eigenvalue weighted by molar-refractivity contribution is 0.0173. The highest BCUT2D eigenvalue weighted by Gasteiger charge is 2.55. The molecule has 0 spiro atoms. The molecule has 3 atom stereocenters. The second-order valence-corrected chi connectivity index (χ2v) is 7.58. The second-order valence-electron chi connectivity index (χ2n) is 7.58. The maximum atomic E-state index is 12.7. The molecule has 2 aromatic rings. The molecule has 130 valence electrons. The van der Waals surface area contributed by atoms with Gasteiger partial charge in [-0.2, -0.15) is 0 Å². The van der Waals surface area contributed by atoms with Crippen molar-refractivity contribution in [1.82, 2.24) is 20.3 Å². The van der Waals surface area contributed by atoms with E-state index in [2.05, 4.69) is 50.6 Å². The van der Waals surface area contributed by atoms with Crippen LogP contribution in [0, 0.1) is 5.92 Å². The summed E-state index contributed by atoms with van der Waals surface area (Å²) in [6.07, 6.45) is 1.52. The average Bonchev–Trinajstić information content (AvgIpc) is 3.05. The molecular formula is C19H22N4O2. The van der Waals surface area contributed by atoms with Crippen molar-refractivity contribution >= 4 is 5.91 Å². The number of benzene rings is 1. The lowest BCUT2D eigenvalue weighted by Crippen LogP contribution is -2.70. The highest BCUT2D eigenvalue weighted by molar-refractivity contribution is 5.91. The van der Waals surface area contributed by atoms with Crippen LogP contribution in [-0.2, 0) is 5.41 Å². The smallest absolute Gasteiger partial charge is 0.290 e. The Morgan fingerprint density at radius 1 is 1.12 bits per heavy atom. The average molecular weight is 338 g/mol. The van der Waals surface area contributed by atoms with Crippen molar-refractivity contribution in [1.29, 1.82) is 0 Å². The molecule has 0 radical (unpaired) electrons. The first-order valence-corrected chi connectivity index (χ1v) is 8.96. The maximum absolute atomic E-state index is 12.7. The molecule has 4 aliphatic rings. The summed E-state index contributed by atoms with van der Waals surface area (Å²) in [5.74, 6) is 0.557. The number of hydrogen-bond acceptors (Lipinski definition) is 5. The Labute approximate surface area is 146 Å². The van der Waals surface area contributed by atoms with Crippen molar-refractivity contribution in [2.75, 3.05) is 39.3 Å². The van der Waals surface area contributed by atoms with E-state index in [1.807, 2.05) is 0 Å². The summed E-state index contributed by atoms with van der Waals surface area (Å²) >= 11 is 0. The molecule has 0 aliphatic carbocycles. The monoisotopic (exact) mass is 338 g/mol. The first-order chi connectivity index (χ1) is 12.2. The Hall–Kier alpha value is -2.18. The van der Waals surface area contributed by atoms with Gasteiger partial charge in [0.2, 0.25) is 5.76 Å². The molecule has 4 saturated heterocycles. The Morgan fingerprint density at radius 3 is 2.48 bits per heavy atom. The molecule has 6 heteroatoms. The van der Waals surface area contributed by atoms with Gasteiger partial charge >= 0.3 is 0 Å². The van der Waals surface area contributed by atoms with Gasteiger partial charge in [0.1, 0.15) is 0 Å². The Kier molecular flexibility index (Phi) is 3.43. The molecule has 4 bridgehead atoms. The number of piperidine rings is 2. The number of carbonyl (C=O) groups excluding carboxylic acids is 1. The minimum atomic E-state index is -0.158. The first kappa shape index (κ1) is 15.1. The normalized spacial score (nSPS) is 36.2. The van der Waals surface area contributed by atoms with E-state index >= 15 is 0 Å². The number of aromatic nitrogens is 1. The molecule has 1 aromatic heterocycles. The fourth-order valence-corrected chi connectivity index (χ4v) is 5.11. The molecule has 5 heterocycles. The molecular weight excluding hydrogens is 316 g/mol. The van der Waals surface area contributed by atoms with Crippen molar-refractivity contribution in [3.05, 3.63) is 53.9 Å². The molecule has 1 amide bonds. The van der Waals surface area contributed by atoms with Crippen molar-refractivity contribution in [2.45, 2.75) is 11.5 Å². The van der Waals surface area contributed by atoms with E-state index in [0.29, 0.717) is 5.92 Å². The lowest BCUT2D eigenvalue weighted by Gasteiger charge is -2.55. The molecule has 25 heavy (non-hydrogen) atoms. The Bertz CT molecular complexity index is 745. The van der Waals surface area contributed by atoms with E-state index in [1.54, 1.807) is 6.07 Å². The number of rotatable bonds is 3. The van der Waals surface area contributed by atoms with Gasteiger partial charge in [0.25, 0.3) is 5.91 Å². The highest BCUT2D eigenvalue weighted by atomic mass is 16.5. The van der Waals surface area contributed by atoms with Crippen LogP contribution in [0.1, 0.15) is 16.1 Å². The predicted octanol–water partition coefficient (Wildman–Crippen LogP) is 0.972. The summed E-state index contributed by atoms with van der Waals surface area (Å²) in [4.78, 5) is 17.8. The topological polar surface area (TPSA) is 61.6 Å². The van der Waals surface area contributed by atoms with Crippen LogP contribution in [0.2, 0.25) is 0 Å². The molecule has 6 rings (SSSR count).